The zero-order valence-electron chi connectivity index (χ0n) is 10.9. The molecular formula is C15H14ClNO3. The minimum Gasteiger partial charge on any atom is -0.495 e. The molecule has 5 heteroatoms. The predicted molar refractivity (Wildman–Crippen MR) is 80.3 cm³/mol. The molecule has 1 aromatic carbocycles. The average Bonchev–Trinajstić information content (AvgIpc) is 2.84. The average molecular weight is 292 g/mol. The number of hydrogen-bond acceptors (Lipinski definition) is 4. The Morgan fingerprint density at radius 3 is 2.80 bits per heavy atom. The summed E-state index contributed by atoms with van der Waals surface area (Å²) in [6.45, 7) is 0. The molecule has 2 N–H and O–H groups in total. The molecule has 0 aliphatic heterocycles. The highest BCUT2D eigenvalue weighted by Gasteiger charge is 2.20. The number of ether oxygens (including phenoxy) is 1. The first-order chi connectivity index (χ1) is 9.20. The molecule has 3 rings (SSSR count). The van der Waals surface area contributed by atoms with E-state index in [2.05, 4.69) is 0 Å². The SMILES string of the molecule is COc1cccc(-c2cc3c(o2)C=CCC3=O)c1N.Cl. The number of methoxy groups -OCH3 is 1. The molecule has 1 aliphatic rings. The number of benzene rings is 1. The molecule has 0 fully saturated rings. The Morgan fingerprint density at radius 1 is 1.30 bits per heavy atom. The van der Waals surface area contributed by atoms with Crippen molar-refractivity contribution in [1.29, 1.82) is 0 Å². The van der Waals surface area contributed by atoms with E-state index < -0.39 is 0 Å². The number of allylic oxidation sites excluding steroid dienone is 1. The van der Waals surface area contributed by atoms with Gasteiger partial charge in [-0.2, -0.15) is 0 Å². The summed E-state index contributed by atoms with van der Waals surface area (Å²) in [5.41, 5.74) is 7.88. The maximum absolute atomic E-state index is 11.8. The van der Waals surface area contributed by atoms with Crippen LogP contribution < -0.4 is 10.5 Å². The Labute approximate surface area is 122 Å². The molecule has 0 amide bonds. The Morgan fingerprint density at radius 2 is 2.10 bits per heavy atom. The standard InChI is InChI=1S/C15H13NO3.ClH/c1-18-13-7-2-4-9(15(13)16)14-8-10-11(17)5-3-6-12(10)19-14;/h2-4,6-8H,5,16H2,1H3;1H. The first kappa shape index (κ1) is 14.2. The van der Waals surface area contributed by atoms with Crippen LogP contribution in [0.5, 0.6) is 5.75 Å². The molecule has 0 spiro atoms. The quantitative estimate of drug-likeness (QED) is 0.859. The molecule has 0 bridgehead atoms. The number of anilines is 1. The van der Waals surface area contributed by atoms with Crippen molar-refractivity contribution in [3.63, 3.8) is 0 Å². The van der Waals surface area contributed by atoms with Gasteiger partial charge in [0.2, 0.25) is 0 Å². The van der Waals surface area contributed by atoms with E-state index in [1.165, 1.54) is 0 Å². The summed E-state index contributed by atoms with van der Waals surface area (Å²) < 4.78 is 10.9. The third-order valence-corrected chi connectivity index (χ3v) is 3.19. The van der Waals surface area contributed by atoms with Crippen LogP contribution in [-0.2, 0) is 0 Å². The largest absolute Gasteiger partial charge is 0.495 e. The van der Waals surface area contributed by atoms with Gasteiger partial charge in [-0.05, 0) is 24.3 Å². The highest BCUT2D eigenvalue weighted by molar-refractivity contribution is 6.03. The lowest BCUT2D eigenvalue weighted by Gasteiger charge is -2.07. The van der Waals surface area contributed by atoms with Gasteiger partial charge in [0.25, 0.3) is 0 Å². The first-order valence-electron chi connectivity index (χ1n) is 5.97. The van der Waals surface area contributed by atoms with Gasteiger partial charge in [0.1, 0.15) is 17.3 Å². The number of furan rings is 1. The van der Waals surface area contributed by atoms with E-state index in [0.29, 0.717) is 34.9 Å². The van der Waals surface area contributed by atoms with Gasteiger partial charge in [0.15, 0.2) is 5.78 Å². The minimum absolute atomic E-state index is 0. The van der Waals surface area contributed by atoms with Gasteiger partial charge in [-0.15, -0.1) is 12.4 Å². The molecule has 0 radical (unpaired) electrons. The molecule has 0 unspecified atom stereocenters. The van der Waals surface area contributed by atoms with E-state index in [-0.39, 0.29) is 18.2 Å². The number of hydrogen-bond donors (Lipinski definition) is 1. The fourth-order valence-corrected chi connectivity index (χ4v) is 2.20. The summed E-state index contributed by atoms with van der Waals surface area (Å²) >= 11 is 0. The number of ketones is 1. The van der Waals surface area contributed by atoms with E-state index >= 15 is 0 Å². The van der Waals surface area contributed by atoms with Crippen molar-refractivity contribution in [2.45, 2.75) is 6.42 Å². The summed E-state index contributed by atoms with van der Waals surface area (Å²) in [4.78, 5) is 11.8. The van der Waals surface area contributed by atoms with Crippen molar-refractivity contribution in [3.8, 4) is 17.1 Å². The second-order valence-corrected chi connectivity index (χ2v) is 4.34. The lowest BCUT2D eigenvalue weighted by Crippen LogP contribution is -2.00. The molecule has 0 saturated carbocycles. The number of Topliss-reactive ketones (excluding diaryl/α,β-unsaturated/α-hetero) is 1. The summed E-state index contributed by atoms with van der Waals surface area (Å²) in [7, 11) is 1.56. The highest BCUT2D eigenvalue weighted by atomic mass is 35.5. The second kappa shape index (κ2) is 5.43. The highest BCUT2D eigenvalue weighted by Crippen LogP contribution is 2.36. The van der Waals surface area contributed by atoms with E-state index in [0.717, 1.165) is 5.56 Å². The Bertz CT molecular complexity index is 688. The maximum atomic E-state index is 11.8. The molecular weight excluding hydrogens is 278 g/mol. The van der Waals surface area contributed by atoms with E-state index in [4.69, 9.17) is 14.9 Å². The number of rotatable bonds is 2. The molecule has 20 heavy (non-hydrogen) atoms. The van der Waals surface area contributed by atoms with Gasteiger partial charge in [-0.3, -0.25) is 4.79 Å². The number of nitrogen functional groups attached to an aromatic ring is 1. The molecule has 1 heterocycles. The smallest absolute Gasteiger partial charge is 0.170 e. The molecule has 4 nitrogen and oxygen atoms in total. The molecule has 0 saturated heterocycles. The summed E-state index contributed by atoms with van der Waals surface area (Å²) in [6, 6.07) is 7.21. The van der Waals surface area contributed by atoms with Gasteiger partial charge in [0.05, 0.1) is 18.4 Å². The topological polar surface area (TPSA) is 65.5 Å². The van der Waals surface area contributed by atoms with Crippen LogP contribution in [0, 0.1) is 0 Å². The van der Waals surface area contributed by atoms with E-state index in [1.807, 2.05) is 18.2 Å². The molecule has 1 aromatic heterocycles. The third kappa shape index (κ3) is 2.18. The van der Waals surface area contributed by atoms with Gasteiger partial charge in [0, 0.05) is 12.0 Å². The van der Waals surface area contributed by atoms with Crippen molar-refractivity contribution < 1.29 is 13.9 Å². The van der Waals surface area contributed by atoms with Crippen LogP contribution >= 0.6 is 12.4 Å². The fourth-order valence-electron chi connectivity index (χ4n) is 2.20. The second-order valence-electron chi connectivity index (χ2n) is 4.34. The van der Waals surface area contributed by atoms with E-state index in [1.54, 1.807) is 25.3 Å². The van der Waals surface area contributed by atoms with E-state index in [9.17, 15) is 4.79 Å². The van der Waals surface area contributed by atoms with Crippen LogP contribution in [-0.4, -0.2) is 12.9 Å². The zero-order chi connectivity index (χ0) is 13.4. The van der Waals surface area contributed by atoms with Gasteiger partial charge >= 0.3 is 0 Å². The first-order valence-corrected chi connectivity index (χ1v) is 5.97. The Kier molecular flexibility index (Phi) is 3.86. The van der Waals surface area contributed by atoms with Gasteiger partial charge in [-0.1, -0.05) is 12.1 Å². The summed E-state index contributed by atoms with van der Waals surface area (Å²) in [5.74, 6) is 1.83. The third-order valence-electron chi connectivity index (χ3n) is 3.19. The van der Waals surface area contributed by atoms with Gasteiger partial charge in [-0.25, -0.2) is 0 Å². The van der Waals surface area contributed by atoms with Crippen molar-refractivity contribution in [3.05, 3.63) is 41.7 Å². The predicted octanol–water partition coefficient (Wildman–Crippen LogP) is 3.56. The number of para-hydroxylation sites is 1. The number of carbonyl (C=O) groups excluding carboxylic acids is 1. The lowest BCUT2D eigenvalue weighted by atomic mass is 10.0. The number of fused-ring (bicyclic) bond motifs is 1. The Balaban J connectivity index is 0.00000147. The Hall–Kier alpha value is -2.20. The molecule has 104 valence electrons. The monoisotopic (exact) mass is 291 g/mol. The molecule has 1 aliphatic carbocycles. The van der Waals surface area contributed by atoms with Crippen molar-refractivity contribution >= 4 is 30.0 Å². The van der Waals surface area contributed by atoms with Crippen LogP contribution in [0.25, 0.3) is 17.4 Å². The van der Waals surface area contributed by atoms with Crippen molar-refractivity contribution in [2.24, 2.45) is 0 Å². The number of carbonyl (C=O) groups is 1. The molecule has 2 aromatic rings. The molecule has 0 atom stereocenters. The van der Waals surface area contributed by atoms with Crippen LogP contribution in [0.2, 0.25) is 0 Å². The summed E-state index contributed by atoms with van der Waals surface area (Å²) in [6.07, 6.45) is 4.03. The van der Waals surface area contributed by atoms with Crippen LogP contribution in [0.4, 0.5) is 5.69 Å². The maximum Gasteiger partial charge on any atom is 0.170 e. The minimum atomic E-state index is 0. The fraction of sp³-hybridized carbons (Fsp3) is 0.133. The van der Waals surface area contributed by atoms with Crippen LogP contribution in [0.15, 0.2) is 34.8 Å². The van der Waals surface area contributed by atoms with Crippen molar-refractivity contribution in [2.75, 3.05) is 12.8 Å². The van der Waals surface area contributed by atoms with Gasteiger partial charge < -0.3 is 14.9 Å². The van der Waals surface area contributed by atoms with Crippen LogP contribution in [0.1, 0.15) is 22.5 Å². The van der Waals surface area contributed by atoms with Crippen LogP contribution in [0.3, 0.4) is 0 Å². The number of nitrogens with two attached hydrogens (primary N) is 1. The zero-order valence-corrected chi connectivity index (χ0v) is 11.7. The van der Waals surface area contributed by atoms with Crippen molar-refractivity contribution in [1.82, 2.24) is 0 Å². The number of halogens is 1. The lowest BCUT2D eigenvalue weighted by molar-refractivity contribution is 0.0993. The summed E-state index contributed by atoms with van der Waals surface area (Å²) in [5, 5.41) is 0. The normalized spacial score (nSPS) is 12.8.